The molecule has 6 nitrogen and oxygen atoms in total. The first kappa shape index (κ1) is 20.4. The highest BCUT2D eigenvalue weighted by atomic mass is 16.5. The van der Waals surface area contributed by atoms with Gasteiger partial charge in [-0.3, -0.25) is 14.5 Å². The number of carbonyl (C=O) groups is 2. The van der Waals surface area contributed by atoms with Crippen molar-refractivity contribution in [1.82, 2.24) is 4.90 Å². The van der Waals surface area contributed by atoms with Crippen LogP contribution in [0.25, 0.3) is 0 Å². The molecule has 0 bridgehead atoms. The lowest BCUT2D eigenvalue weighted by Crippen LogP contribution is -2.45. The Morgan fingerprint density at radius 3 is 2.38 bits per heavy atom. The molecule has 1 aromatic carbocycles. The van der Waals surface area contributed by atoms with Gasteiger partial charge < -0.3 is 14.8 Å². The van der Waals surface area contributed by atoms with E-state index in [1.807, 2.05) is 31.2 Å². The fourth-order valence-electron chi connectivity index (χ4n) is 3.43. The van der Waals surface area contributed by atoms with Gasteiger partial charge in [0.15, 0.2) is 0 Å². The van der Waals surface area contributed by atoms with Crippen molar-refractivity contribution in [3.8, 4) is 0 Å². The highest BCUT2D eigenvalue weighted by Gasteiger charge is 2.42. The molecule has 1 aliphatic heterocycles. The number of rotatable bonds is 8. The molecule has 0 aromatic heterocycles. The number of methoxy groups -OCH3 is 1. The van der Waals surface area contributed by atoms with Crippen LogP contribution in [0.4, 0.5) is 5.69 Å². The third-order valence-electron chi connectivity index (χ3n) is 4.99. The lowest BCUT2D eigenvalue weighted by Gasteiger charge is -2.40. The van der Waals surface area contributed by atoms with Crippen molar-refractivity contribution >= 4 is 17.6 Å². The zero-order chi connectivity index (χ0) is 19.0. The minimum atomic E-state index is -0.419. The number of anilines is 1. The Labute approximate surface area is 155 Å². The summed E-state index contributed by atoms with van der Waals surface area (Å²) in [4.78, 5) is 25.9. The van der Waals surface area contributed by atoms with E-state index in [2.05, 4.69) is 10.2 Å². The lowest BCUT2D eigenvalue weighted by molar-refractivity contribution is -0.160. The summed E-state index contributed by atoms with van der Waals surface area (Å²) in [7, 11) is 1.67. The number of hydrogen-bond donors (Lipinski definition) is 1. The van der Waals surface area contributed by atoms with Crippen LogP contribution in [0.2, 0.25) is 0 Å². The topological polar surface area (TPSA) is 67.9 Å². The summed E-state index contributed by atoms with van der Waals surface area (Å²) in [5.74, 6) is -0.156. The van der Waals surface area contributed by atoms with Crippen LogP contribution >= 0.6 is 0 Å². The number of ether oxygens (including phenoxy) is 2. The van der Waals surface area contributed by atoms with Crippen LogP contribution < -0.4 is 5.32 Å². The third kappa shape index (κ3) is 5.54. The molecule has 6 heteroatoms. The van der Waals surface area contributed by atoms with Crippen molar-refractivity contribution < 1.29 is 19.1 Å². The number of piperidine rings is 1. The first-order chi connectivity index (χ1) is 12.5. The second kappa shape index (κ2) is 9.69. The number of nitrogens with zero attached hydrogens (tertiary/aromatic N) is 1. The van der Waals surface area contributed by atoms with E-state index in [4.69, 9.17) is 9.47 Å². The maximum Gasteiger partial charge on any atom is 0.312 e. The van der Waals surface area contributed by atoms with E-state index in [0.29, 0.717) is 19.6 Å². The van der Waals surface area contributed by atoms with Crippen molar-refractivity contribution in [3.05, 3.63) is 29.8 Å². The van der Waals surface area contributed by atoms with Gasteiger partial charge in [0.25, 0.3) is 0 Å². The molecule has 0 unspecified atom stereocenters. The van der Waals surface area contributed by atoms with Gasteiger partial charge in [0.05, 0.1) is 12.0 Å². The number of benzene rings is 1. The molecule has 1 fully saturated rings. The molecular weight excluding hydrogens is 332 g/mol. The zero-order valence-electron chi connectivity index (χ0n) is 16.0. The molecule has 0 saturated carbocycles. The number of amides is 1. The minimum Gasteiger partial charge on any atom is -0.466 e. The van der Waals surface area contributed by atoms with Crippen LogP contribution in [0.5, 0.6) is 0 Å². The van der Waals surface area contributed by atoms with Gasteiger partial charge in [-0.15, -0.1) is 0 Å². The van der Waals surface area contributed by atoms with E-state index in [1.165, 1.54) is 12.5 Å². The van der Waals surface area contributed by atoms with Crippen LogP contribution in [-0.4, -0.2) is 50.2 Å². The molecule has 2 rings (SSSR count). The van der Waals surface area contributed by atoms with E-state index in [0.717, 1.165) is 38.2 Å². The smallest absolute Gasteiger partial charge is 0.312 e. The summed E-state index contributed by atoms with van der Waals surface area (Å²) in [6.45, 7) is 6.89. The molecule has 1 saturated heterocycles. The monoisotopic (exact) mass is 362 g/mol. The van der Waals surface area contributed by atoms with E-state index >= 15 is 0 Å². The summed E-state index contributed by atoms with van der Waals surface area (Å²) >= 11 is 0. The summed E-state index contributed by atoms with van der Waals surface area (Å²) in [6.07, 6.45) is 2.29. The third-order valence-corrected chi connectivity index (χ3v) is 4.99. The molecule has 0 spiro atoms. The molecule has 1 aromatic rings. The Morgan fingerprint density at radius 2 is 1.85 bits per heavy atom. The van der Waals surface area contributed by atoms with Gasteiger partial charge in [-0.2, -0.15) is 0 Å². The first-order valence-corrected chi connectivity index (χ1v) is 9.24. The van der Waals surface area contributed by atoms with Gasteiger partial charge in [-0.1, -0.05) is 12.1 Å². The normalized spacial score (nSPS) is 16.9. The molecule has 26 heavy (non-hydrogen) atoms. The number of hydrogen-bond acceptors (Lipinski definition) is 5. The number of nitrogens with one attached hydrogen (secondary N) is 1. The SMILES string of the molecule is CCOC(=O)C1(CCOC)CCN(Cc2ccc(NC(C)=O)cc2)CC1. The van der Waals surface area contributed by atoms with Crippen LogP contribution in [0.15, 0.2) is 24.3 Å². The Bertz CT molecular complexity index is 592. The lowest BCUT2D eigenvalue weighted by atomic mass is 9.75. The average molecular weight is 362 g/mol. The van der Waals surface area contributed by atoms with Crippen LogP contribution in [0.3, 0.4) is 0 Å². The minimum absolute atomic E-state index is 0.0693. The molecule has 1 amide bonds. The van der Waals surface area contributed by atoms with Gasteiger partial charge in [-0.25, -0.2) is 0 Å². The van der Waals surface area contributed by atoms with E-state index in [1.54, 1.807) is 7.11 Å². The molecule has 0 atom stereocenters. The highest BCUT2D eigenvalue weighted by molar-refractivity contribution is 5.88. The summed E-state index contributed by atoms with van der Waals surface area (Å²) in [5.41, 5.74) is 1.58. The van der Waals surface area contributed by atoms with Gasteiger partial charge in [0.1, 0.15) is 0 Å². The fraction of sp³-hybridized carbons (Fsp3) is 0.600. The second-order valence-corrected chi connectivity index (χ2v) is 6.90. The summed E-state index contributed by atoms with van der Waals surface area (Å²) in [5, 5.41) is 2.77. The van der Waals surface area contributed by atoms with Crippen molar-refractivity contribution in [1.29, 1.82) is 0 Å². The van der Waals surface area contributed by atoms with Gasteiger partial charge in [0, 0.05) is 32.9 Å². The van der Waals surface area contributed by atoms with Gasteiger partial charge in [-0.05, 0) is 57.0 Å². The number of carbonyl (C=O) groups excluding carboxylic acids is 2. The van der Waals surface area contributed by atoms with Gasteiger partial charge >= 0.3 is 5.97 Å². The van der Waals surface area contributed by atoms with E-state index in [-0.39, 0.29) is 11.9 Å². The largest absolute Gasteiger partial charge is 0.466 e. The van der Waals surface area contributed by atoms with Crippen LogP contribution in [-0.2, 0) is 25.6 Å². The first-order valence-electron chi connectivity index (χ1n) is 9.24. The fourth-order valence-corrected chi connectivity index (χ4v) is 3.43. The quantitative estimate of drug-likeness (QED) is 0.720. The Balaban J connectivity index is 1.93. The second-order valence-electron chi connectivity index (χ2n) is 6.90. The summed E-state index contributed by atoms with van der Waals surface area (Å²) < 4.78 is 10.5. The molecule has 1 heterocycles. The van der Waals surface area contributed by atoms with Crippen molar-refractivity contribution in [2.45, 2.75) is 39.7 Å². The molecule has 0 aliphatic carbocycles. The maximum absolute atomic E-state index is 12.5. The van der Waals surface area contributed by atoms with Crippen molar-refractivity contribution in [2.75, 3.05) is 38.7 Å². The maximum atomic E-state index is 12.5. The Hall–Kier alpha value is -1.92. The highest BCUT2D eigenvalue weighted by Crippen LogP contribution is 2.37. The van der Waals surface area contributed by atoms with E-state index in [9.17, 15) is 9.59 Å². The standard InChI is InChI=1S/C20H30N2O4/c1-4-26-19(24)20(11-14-25-3)9-12-22(13-10-20)15-17-5-7-18(8-6-17)21-16(2)23/h5-8H,4,9-15H2,1-3H3,(H,21,23). The van der Waals surface area contributed by atoms with E-state index < -0.39 is 5.41 Å². The number of esters is 1. The Morgan fingerprint density at radius 1 is 1.19 bits per heavy atom. The molecule has 144 valence electrons. The van der Waals surface area contributed by atoms with Crippen LogP contribution in [0.1, 0.15) is 38.7 Å². The average Bonchev–Trinajstić information content (AvgIpc) is 2.63. The molecular formula is C20H30N2O4. The van der Waals surface area contributed by atoms with Crippen molar-refractivity contribution in [2.24, 2.45) is 5.41 Å². The van der Waals surface area contributed by atoms with Crippen molar-refractivity contribution in [3.63, 3.8) is 0 Å². The van der Waals surface area contributed by atoms with Gasteiger partial charge in [0.2, 0.25) is 5.91 Å². The molecule has 1 aliphatic rings. The predicted molar refractivity (Wildman–Crippen MR) is 101 cm³/mol. The van der Waals surface area contributed by atoms with Crippen LogP contribution in [0, 0.1) is 5.41 Å². The Kier molecular flexibility index (Phi) is 7.60. The summed E-state index contributed by atoms with van der Waals surface area (Å²) in [6, 6.07) is 7.90. The zero-order valence-corrected chi connectivity index (χ0v) is 16.0. The predicted octanol–water partition coefficient (Wildman–Crippen LogP) is 2.83. The molecule has 1 N–H and O–H groups in total. The molecule has 0 radical (unpaired) electrons. The number of likely N-dealkylation sites (tertiary alicyclic amines) is 1.